The van der Waals surface area contributed by atoms with Gasteiger partial charge in [0.2, 0.25) is 5.91 Å². The van der Waals surface area contributed by atoms with Crippen LogP contribution in [0.2, 0.25) is 0 Å². The molecule has 1 unspecified atom stereocenters. The minimum absolute atomic E-state index is 0.0644. The van der Waals surface area contributed by atoms with Crippen LogP contribution in [0.3, 0.4) is 0 Å². The number of anilines is 1. The molecular weight excluding hydrogens is 292 g/mol. The molecule has 120 valence electrons. The fourth-order valence-electron chi connectivity index (χ4n) is 2.25. The zero-order valence-electron chi connectivity index (χ0n) is 13.1. The molecule has 0 aliphatic rings. The van der Waals surface area contributed by atoms with Gasteiger partial charge in [-0.15, -0.1) is 0 Å². The summed E-state index contributed by atoms with van der Waals surface area (Å²) in [4.78, 5) is 23.7. The molecule has 0 heterocycles. The number of hydrogen-bond acceptors (Lipinski definition) is 3. The third-order valence-electron chi connectivity index (χ3n) is 3.54. The van der Waals surface area contributed by atoms with Gasteiger partial charge in [0.15, 0.2) is 0 Å². The van der Waals surface area contributed by atoms with Gasteiger partial charge in [-0.3, -0.25) is 14.8 Å². The van der Waals surface area contributed by atoms with Crippen molar-refractivity contribution in [2.24, 2.45) is 5.92 Å². The van der Waals surface area contributed by atoms with E-state index in [1.165, 1.54) is 0 Å². The number of hydrogen-bond donors (Lipinski definition) is 3. The molecule has 1 atom stereocenters. The van der Waals surface area contributed by atoms with Gasteiger partial charge >= 0.3 is 0 Å². The topological polar surface area (TPSA) is 78.4 Å². The zero-order chi connectivity index (χ0) is 16.8. The SMILES string of the molecule is CC(C)C(=O)Nc1ccc(C(C(=O)NO)c2ccccc2)cc1. The molecule has 23 heavy (non-hydrogen) atoms. The summed E-state index contributed by atoms with van der Waals surface area (Å²) < 4.78 is 0. The van der Waals surface area contributed by atoms with E-state index in [4.69, 9.17) is 5.21 Å². The van der Waals surface area contributed by atoms with Crippen molar-refractivity contribution in [2.45, 2.75) is 19.8 Å². The molecule has 3 N–H and O–H groups in total. The van der Waals surface area contributed by atoms with Crippen LogP contribution in [0.5, 0.6) is 0 Å². The highest BCUT2D eigenvalue weighted by atomic mass is 16.5. The third-order valence-corrected chi connectivity index (χ3v) is 3.54. The predicted octanol–water partition coefficient (Wildman–Crippen LogP) is 2.92. The quantitative estimate of drug-likeness (QED) is 0.587. The van der Waals surface area contributed by atoms with E-state index in [1.807, 2.05) is 44.2 Å². The van der Waals surface area contributed by atoms with E-state index in [-0.39, 0.29) is 11.8 Å². The highest BCUT2D eigenvalue weighted by molar-refractivity contribution is 5.92. The fourth-order valence-corrected chi connectivity index (χ4v) is 2.25. The van der Waals surface area contributed by atoms with Crippen molar-refractivity contribution in [3.8, 4) is 0 Å². The molecule has 2 rings (SSSR count). The van der Waals surface area contributed by atoms with Gasteiger partial charge in [-0.25, -0.2) is 5.48 Å². The minimum atomic E-state index is -0.615. The Morgan fingerprint density at radius 2 is 1.43 bits per heavy atom. The Balaban J connectivity index is 2.27. The summed E-state index contributed by atoms with van der Waals surface area (Å²) in [5, 5.41) is 11.8. The Labute approximate surface area is 135 Å². The lowest BCUT2D eigenvalue weighted by molar-refractivity contribution is -0.129. The summed E-state index contributed by atoms with van der Waals surface area (Å²) in [5.74, 6) is -1.29. The Morgan fingerprint density at radius 1 is 0.870 bits per heavy atom. The first-order valence-electron chi connectivity index (χ1n) is 7.42. The molecule has 0 aliphatic heterocycles. The molecule has 0 saturated carbocycles. The lowest BCUT2D eigenvalue weighted by Crippen LogP contribution is -2.27. The molecule has 0 saturated heterocycles. The number of benzene rings is 2. The third kappa shape index (κ3) is 4.17. The Morgan fingerprint density at radius 3 is 1.96 bits per heavy atom. The van der Waals surface area contributed by atoms with Crippen LogP contribution in [0.1, 0.15) is 30.9 Å². The Kier molecular flexibility index (Phi) is 5.49. The average Bonchev–Trinajstić information content (AvgIpc) is 2.57. The second-order valence-corrected chi connectivity index (χ2v) is 5.59. The Bertz CT molecular complexity index is 666. The molecule has 0 aliphatic carbocycles. The molecule has 0 aromatic heterocycles. The zero-order valence-corrected chi connectivity index (χ0v) is 13.1. The molecule has 2 amide bonds. The van der Waals surface area contributed by atoms with Crippen LogP contribution in [-0.2, 0) is 9.59 Å². The van der Waals surface area contributed by atoms with E-state index < -0.39 is 11.8 Å². The van der Waals surface area contributed by atoms with Crippen LogP contribution in [0, 0.1) is 5.92 Å². The van der Waals surface area contributed by atoms with E-state index >= 15 is 0 Å². The van der Waals surface area contributed by atoms with E-state index in [0.29, 0.717) is 5.69 Å². The van der Waals surface area contributed by atoms with Gasteiger partial charge in [-0.1, -0.05) is 56.3 Å². The van der Waals surface area contributed by atoms with Gasteiger partial charge < -0.3 is 5.32 Å². The largest absolute Gasteiger partial charge is 0.326 e. The first-order chi connectivity index (χ1) is 11.0. The molecule has 0 bridgehead atoms. The van der Waals surface area contributed by atoms with Crippen LogP contribution in [0.15, 0.2) is 54.6 Å². The molecule has 2 aromatic carbocycles. The van der Waals surface area contributed by atoms with E-state index in [9.17, 15) is 9.59 Å². The van der Waals surface area contributed by atoms with Crippen molar-refractivity contribution in [3.63, 3.8) is 0 Å². The van der Waals surface area contributed by atoms with Crippen molar-refractivity contribution in [1.29, 1.82) is 0 Å². The maximum absolute atomic E-state index is 12.0. The Hall–Kier alpha value is -2.66. The maximum Gasteiger partial charge on any atom is 0.255 e. The highest BCUT2D eigenvalue weighted by Crippen LogP contribution is 2.26. The smallest absolute Gasteiger partial charge is 0.255 e. The van der Waals surface area contributed by atoms with Gasteiger partial charge in [-0.05, 0) is 23.3 Å². The average molecular weight is 312 g/mol. The number of carbonyl (C=O) groups excluding carboxylic acids is 2. The minimum Gasteiger partial charge on any atom is -0.326 e. The van der Waals surface area contributed by atoms with Crippen LogP contribution in [0.4, 0.5) is 5.69 Å². The van der Waals surface area contributed by atoms with Crippen LogP contribution in [-0.4, -0.2) is 17.0 Å². The van der Waals surface area contributed by atoms with E-state index in [0.717, 1.165) is 11.1 Å². The number of amides is 2. The van der Waals surface area contributed by atoms with E-state index in [1.54, 1.807) is 29.7 Å². The summed E-state index contributed by atoms with van der Waals surface area (Å²) in [6, 6.07) is 16.2. The van der Waals surface area contributed by atoms with Crippen LogP contribution in [0.25, 0.3) is 0 Å². The lowest BCUT2D eigenvalue weighted by atomic mass is 9.90. The number of hydroxylamine groups is 1. The first-order valence-corrected chi connectivity index (χ1v) is 7.42. The molecule has 0 radical (unpaired) electrons. The maximum atomic E-state index is 12.0. The lowest BCUT2D eigenvalue weighted by Gasteiger charge is -2.16. The van der Waals surface area contributed by atoms with Gasteiger partial charge in [-0.2, -0.15) is 0 Å². The second-order valence-electron chi connectivity index (χ2n) is 5.59. The van der Waals surface area contributed by atoms with Crippen LogP contribution < -0.4 is 10.8 Å². The predicted molar refractivity (Wildman–Crippen MR) is 88.1 cm³/mol. The van der Waals surface area contributed by atoms with Gasteiger partial charge in [0.25, 0.3) is 5.91 Å². The monoisotopic (exact) mass is 312 g/mol. The van der Waals surface area contributed by atoms with Crippen molar-refractivity contribution < 1.29 is 14.8 Å². The standard InChI is InChI=1S/C18H20N2O3/c1-12(2)17(21)19-15-10-8-14(9-11-15)16(18(22)20-23)13-6-4-3-5-7-13/h3-12,16,23H,1-2H3,(H,19,21)(H,20,22). The molecule has 2 aromatic rings. The molecule has 0 spiro atoms. The van der Waals surface area contributed by atoms with Gasteiger partial charge in [0, 0.05) is 11.6 Å². The summed E-state index contributed by atoms with van der Waals surface area (Å²) >= 11 is 0. The number of rotatable bonds is 5. The van der Waals surface area contributed by atoms with Gasteiger partial charge in [0.1, 0.15) is 0 Å². The number of carbonyl (C=O) groups is 2. The molecule has 5 heteroatoms. The normalized spacial score (nSPS) is 11.8. The highest BCUT2D eigenvalue weighted by Gasteiger charge is 2.22. The summed E-state index contributed by atoms with van der Waals surface area (Å²) in [7, 11) is 0. The molecular formula is C18H20N2O3. The molecule has 0 fully saturated rings. The fraction of sp³-hybridized carbons (Fsp3) is 0.222. The summed E-state index contributed by atoms with van der Waals surface area (Å²) in [5.41, 5.74) is 3.89. The number of nitrogens with one attached hydrogen (secondary N) is 2. The first kappa shape index (κ1) is 16.7. The van der Waals surface area contributed by atoms with Gasteiger partial charge in [0.05, 0.1) is 5.92 Å². The van der Waals surface area contributed by atoms with Crippen LogP contribution >= 0.6 is 0 Å². The van der Waals surface area contributed by atoms with Crippen molar-refractivity contribution in [2.75, 3.05) is 5.32 Å². The van der Waals surface area contributed by atoms with Crippen molar-refractivity contribution in [1.82, 2.24) is 5.48 Å². The summed E-state index contributed by atoms with van der Waals surface area (Å²) in [6.07, 6.45) is 0. The van der Waals surface area contributed by atoms with Crippen molar-refractivity contribution in [3.05, 3.63) is 65.7 Å². The summed E-state index contributed by atoms with van der Waals surface area (Å²) in [6.45, 7) is 3.64. The van der Waals surface area contributed by atoms with Crippen molar-refractivity contribution >= 4 is 17.5 Å². The second kappa shape index (κ2) is 7.56. The molecule has 5 nitrogen and oxygen atoms in total. The van der Waals surface area contributed by atoms with E-state index in [2.05, 4.69) is 5.32 Å².